The van der Waals surface area contributed by atoms with E-state index in [0.29, 0.717) is 0 Å². The van der Waals surface area contributed by atoms with Crippen molar-refractivity contribution < 1.29 is 17.9 Å². The second-order valence-electron chi connectivity index (χ2n) is 6.18. The first kappa shape index (κ1) is 16.9. The topological polar surface area (TPSA) is 9.23 Å². The van der Waals surface area contributed by atoms with Gasteiger partial charge in [0.2, 0.25) is 0 Å². The van der Waals surface area contributed by atoms with E-state index in [0.717, 1.165) is 32.1 Å². The molecule has 1 aromatic rings. The van der Waals surface area contributed by atoms with E-state index in [2.05, 4.69) is 12.2 Å². The van der Waals surface area contributed by atoms with Crippen LogP contribution >= 0.6 is 0 Å². The van der Waals surface area contributed by atoms with Gasteiger partial charge in [-0.25, -0.2) is 13.2 Å². The Morgan fingerprint density at radius 3 is 2.36 bits per heavy atom. The van der Waals surface area contributed by atoms with E-state index < -0.39 is 17.5 Å². The fourth-order valence-corrected chi connectivity index (χ4v) is 2.81. The number of ether oxygens (including phenoxy) is 1. The SMILES string of the molecule is Cc1c(F)c(F)c(C(C)C)c(OC2CC/C=C\CCC2)c1F. The molecule has 1 aliphatic carbocycles. The Bertz CT molecular complexity index is 564. The Hall–Kier alpha value is -1.45. The van der Waals surface area contributed by atoms with Gasteiger partial charge in [-0.05, 0) is 44.9 Å². The molecule has 0 heterocycles. The fraction of sp³-hybridized carbons (Fsp3) is 0.556. The second-order valence-corrected chi connectivity index (χ2v) is 6.18. The molecule has 0 N–H and O–H groups in total. The van der Waals surface area contributed by atoms with Crippen molar-refractivity contribution in [1.29, 1.82) is 0 Å². The first-order valence-corrected chi connectivity index (χ1v) is 7.92. The number of benzene rings is 1. The number of rotatable bonds is 3. The summed E-state index contributed by atoms with van der Waals surface area (Å²) in [6.45, 7) is 4.66. The van der Waals surface area contributed by atoms with E-state index in [4.69, 9.17) is 4.74 Å². The molecule has 0 saturated carbocycles. The molecule has 0 saturated heterocycles. The van der Waals surface area contributed by atoms with Gasteiger partial charge in [0.05, 0.1) is 6.10 Å². The molecule has 0 spiro atoms. The zero-order valence-electron chi connectivity index (χ0n) is 13.4. The van der Waals surface area contributed by atoms with Crippen molar-refractivity contribution in [2.45, 2.75) is 64.9 Å². The van der Waals surface area contributed by atoms with Crippen LogP contribution in [0.15, 0.2) is 12.2 Å². The van der Waals surface area contributed by atoms with Gasteiger partial charge in [0, 0.05) is 11.1 Å². The Kier molecular flexibility index (Phi) is 5.54. The lowest BCUT2D eigenvalue weighted by Gasteiger charge is -2.24. The third-order valence-corrected chi connectivity index (χ3v) is 4.11. The van der Waals surface area contributed by atoms with Crippen molar-refractivity contribution in [3.63, 3.8) is 0 Å². The van der Waals surface area contributed by atoms with Crippen LogP contribution < -0.4 is 4.74 Å². The molecule has 22 heavy (non-hydrogen) atoms. The van der Waals surface area contributed by atoms with Gasteiger partial charge < -0.3 is 4.74 Å². The van der Waals surface area contributed by atoms with Crippen LogP contribution in [0.5, 0.6) is 5.75 Å². The molecule has 1 aliphatic rings. The predicted molar refractivity (Wildman–Crippen MR) is 81.8 cm³/mol. The molecule has 0 amide bonds. The molecular weight excluding hydrogens is 289 g/mol. The van der Waals surface area contributed by atoms with E-state index in [1.807, 2.05) is 0 Å². The van der Waals surface area contributed by atoms with Gasteiger partial charge in [0.1, 0.15) is 0 Å². The van der Waals surface area contributed by atoms with Crippen LogP contribution in [0.4, 0.5) is 13.2 Å². The average Bonchev–Trinajstić information content (AvgIpc) is 2.44. The maximum atomic E-state index is 14.5. The van der Waals surface area contributed by atoms with Crippen LogP contribution in [0.25, 0.3) is 0 Å². The molecule has 1 unspecified atom stereocenters. The number of allylic oxidation sites excluding steroid dienone is 2. The summed E-state index contributed by atoms with van der Waals surface area (Å²) in [6.07, 6.45) is 8.38. The minimum absolute atomic E-state index is 0.00167. The summed E-state index contributed by atoms with van der Waals surface area (Å²) in [5, 5.41) is 0. The largest absolute Gasteiger partial charge is 0.487 e. The Balaban J connectivity index is 2.38. The normalized spacial score (nSPS) is 20.6. The maximum Gasteiger partial charge on any atom is 0.171 e. The van der Waals surface area contributed by atoms with Crippen molar-refractivity contribution in [1.82, 2.24) is 0 Å². The van der Waals surface area contributed by atoms with E-state index in [1.165, 1.54) is 6.92 Å². The Morgan fingerprint density at radius 1 is 1.00 bits per heavy atom. The van der Waals surface area contributed by atoms with E-state index in [-0.39, 0.29) is 28.9 Å². The summed E-state index contributed by atoms with van der Waals surface area (Å²) in [5.41, 5.74) is -0.319. The standard InChI is InChI=1S/C18H23F3O/c1-11(2)14-17(21)15(19)12(3)16(20)18(14)22-13-9-7-5-4-6-8-10-13/h4-5,11,13H,6-10H2,1-3H3/b5-4-. The van der Waals surface area contributed by atoms with Crippen molar-refractivity contribution >= 4 is 0 Å². The molecule has 122 valence electrons. The van der Waals surface area contributed by atoms with E-state index in [9.17, 15) is 13.2 Å². The summed E-state index contributed by atoms with van der Waals surface area (Å²) in [5.74, 6) is -3.35. The van der Waals surface area contributed by atoms with Gasteiger partial charge in [0.15, 0.2) is 23.2 Å². The van der Waals surface area contributed by atoms with Crippen molar-refractivity contribution in [3.8, 4) is 5.75 Å². The summed E-state index contributed by atoms with van der Waals surface area (Å²) >= 11 is 0. The van der Waals surface area contributed by atoms with Gasteiger partial charge >= 0.3 is 0 Å². The second kappa shape index (κ2) is 7.21. The lowest BCUT2D eigenvalue weighted by molar-refractivity contribution is 0.166. The smallest absolute Gasteiger partial charge is 0.171 e. The van der Waals surface area contributed by atoms with Gasteiger partial charge in [0.25, 0.3) is 0 Å². The zero-order valence-corrected chi connectivity index (χ0v) is 13.4. The Morgan fingerprint density at radius 2 is 1.68 bits per heavy atom. The highest BCUT2D eigenvalue weighted by Gasteiger charge is 2.27. The lowest BCUT2D eigenvalue weighted by atomic mass is 9.97. The minimum Gasteiger partial charge on any atom is -0.487 e. The number of halogens is 3. The molecule has 1 nitrogen and oxygen atoms in total. The summed E-state index contributed by atoms with van der Waals surface area (Å²) in [7, 11) is 0. The molecule has 0 aliphatic heterocycles. The fourth-order valence-electron chi connectivity index (χ4n) is 2.81. The highest BCUT2D eigenvalue weighted by molar-refractivity contribution is 5.43. The van der Waals surface area contributed by atoms with Crippen molar-refractivity contribution in [2.75, 3.05) is 0 Å². The first-order valence-electron chi connectivity index (χ1n) is 7.92. The summed E-state index contributed by atoms with van der Waals surface area (Å²) < 4.78 is 48.3. The molecule has 0 bridgehead atoms. The van der Waals surface area contributed by atoms with E-state index in [1.54, 1.807) is 13.8 Å². The quantitative estimate of drug-likeness (QED) is 0.506. The monoisotopic (exact) mass is 312 g/mol. The molecule has 0 aromatic heterocycles. The van der Waals surface area contributed by atoms with Crippen LogP contribution in [0.1, 0.15) is 63.0 Å². The summed E-state index contributed by atoms with van der Waals surface area (Å²) in [6, 6.07) is 0. The molecule has 4 heteroatoms. The van der Waals surface area contributed by atoms with Gasteiger partial charge in [-0.2, -0.15) is 0 Å². The number of hydrogen-bond acceptors (Lipinski definition) is 1. The van der Waals surface area contributed by atoms with Gasteiger partial charge in [-0.1, -0.05) is 26.0 Å². The molecule has 0 radical (unpaired) electrons. The van der Waals surface area contributed by atoms with Crippen LogP contribution in [-0.4, -0.2) is 6.10 Å². The molecule has 1 atom stereocenters. The van der Waals surface area contributed by atoms with Crippen LogP contribution in [0.3, 0.4) is 0 Å². The number of hydrogen-bond donors (Lipinski definition) is 0. The van der Waals surface area contributed by atoms with Crippen LogP contribution in [0, 0.1) is 24.4 Å². The van der Waals surface area contributed by atoms with Crippen LogP contribution in [-0.2, 0) is 0 Å². The highest BCUT2D eigenvalue weighted by Crippen LogP contribution is 2.37. The maximum absolute atomic E-state index is 14.5. The van der Waals surface area contributed by atoms with Gasteiger partial charge in [-0.3, -0.25) is 0 Å². The highest BCUT2D eigenvalue weighted by atomic mass is 19.2. The molecular formula is C18H23F3O. The lowest BCUT2D eigenvalue weighted by Crippen LogP contribution is -2.20. The summed E-state index contributed by atoms with van der Waals surface area (Å²) in [4.78, 5) is 0. The van der Waals surface area contributed by atoms with Crippen molar-refractivity contribution in [3.05, 3.63) is 40.7 Å². The van der Waals surface area contributed by atoms with Gasteiger partial charge in [-0.15, -0.1) is 0 Å². The molecule has 1 aromatic carbocycles. The molecule has 0 fully saturated rings. The zero-order chi connectivity index (χ0) is 16.3. The van der Waals surface area contributed by atoms with Crippen molar-refractivity contribution in [2.24, 2.45) is 0 Å². The minimum atomic E-state index is -1.12. The average molecular weight is 312 g/mol. The molecule has 2 rings (SSSR count). The first-order chi connectivity index (χ1) is 10.4. The Labute approximate surface area is 130 Å². The van der Waals surface area contributed by atoms with E-state index >= 15 is 0 Å². The third-order valence-electron chi connectivity index (χ3n) is 4.11. The third kappa shape index (κ3) is 3.47. The van der Waals surface area contributed by atoms with Crippen LogP contribution in [0.2, 0.25) is 0 Å². The predicted octanol–water partition coefficient (Wildman–Crippen LogP) is 5.80.